The molecule has 2 aromatic rings. The number of benzene rings is 2. The third kappa shape index (κ3) is 2.19. The van der Waals surface area contributed by atoms with Crippen LogP contribution in [0.3, 0.4) is 0 Å². The van der Waals surface area contributed by atoms with Crippen LogP contribution >= 0.6 is 0 Å². The zero-order valence-corrected chi connectivity index (χ0v) is 14.6. The predicted molar refractivity (Wildman–Crippen MR) is 99.6 cm³/mol. The molecule has 2 aliphatic rings. The van der Waals surface area contributed by atoms with Gasteiger partial charge in [0, 0.05) is 5.41 Å². The lowest BCUT2D eigenvalue weighted by atomic mass is 9.67. The van der Waals surface area contributed by atoms with Gasteiger partial charge < -0.3 is 0 Å². The molecule has 118 valence electrons. The molecule has 23 heavy (non-hydrogen) atoms. The molecule has 0 aliphatic heterocycles. The first-order valence-electron chi connectivity index (χ1n) is 9.02. The Hall–Kier alpha value is -1.82. The molecule has 0 unspecified atom stereocenters. The highest BCUT2D eigenvalue weighted by Gasteiger charge is 2.42. The van der Waals surface area contributed by atoms with E-state index >= 15 is 0 Å². The molecular weight excluding hydrogens is 276 g/mol. The molecule has 1 fully saturated rings. The fourth-order valence-electron chi connectivity index (χ4n) is 4.76. The normalized spacial score (nSPS) is 19.3. The van der Waals surface area contributed by atoms with Crippen LogP contribution in [0.5, 0.6) is 0 Å². The fourth-order valence-corrected chi connectivity index (χ4v) is 4.76. The van der Waals surface area contributed by atoms with Crippen LogP contribution in [0.4, 0.5) is 0 Å². The molecule has 0 heterocycles. The summed E-state index contributed by atoms with van der Waals surface area (Å²) in [6.45, 7) is 6.86. The van der Waals surface area contributed by atoms with Gasteiger partial charge in [-0.15, -0.1) is 0 Å². The van der Waals surface area contributed by atoms with Crippen LogP contribution in [0, 0.1) is 6.92 Å². The SMILES string of the molecule is CC1=C(C)C2(CCCCC2)c2ccc(-c3ccc(C)cc3)cc21. The predicted octanol–water partition coefficient (Wildman–Crippen LogP) is 6.67. The molecule has 0 atom stereocenters. The maximum Gasteiger partial charge on any atom is 0.0171 e. The van der Waals surface area contributed by atoms with Crippen molar-refractivity contribution in [3.05, 3.63) is 64.7 Å². The molecule has 2 aromatic carbocycles. The third-order valence-electron chi connectivity index (χ3n) is 6.31. The van der Waals surface area contributed by atoms with E-state index in [1.165, 1.54) is 59.9 Å². The molecule has 4 rings (SSSR count). The molecule has 0 heteroatoms. The van der Waals surface area contributed by atoms with Crippen molar-refractivity contribution in [1.82, 2.24) is 0 Å². The summed E-state index contributed by atoms with van der Waals surface area (Å²) in [6.07, 6.45) is 6.85. The van der Waals surface area contributed by atoms with E-state index in [1.807, 2.05) is 0 Å². The van der Waals surface area contributed by atoms with E-state index in [2.05, 4.69) is 63.2 Å². The maximum atomic E-state index is 2.43. The minimum absolute atomic E-state index is 0.351. The summed E-state index contributed by atoms with van der Waals surface area (Å²) in [6, 6.07) is 16.1. The van der Waals surface area contributed by atoms with Crippen LogP contribution < -0.4 is 0 Å². The second kappa shape index (κ2) is 5.37. The zero-order valence-electron chi connectivity index (χ0n) is 14.6. The summed E-state index contributed by atoms with van der Waals surface area (Å²) in [4.78, 5) is 0. The number of allylic oxidation sites excluding steroid dienone is 2. The molecule has 1 saturated carbocycles. The average molecular weight is 302 g/mol. The zero-order chi connectivity index (χ0) is 16.0. The van der Waals surface area contributed by atoms with Gasteiger partial charge >= 0.3 is 0 Å². The summed E-state index contributed by atoms with van der Waals surface area (Å²) in [7, 11) is 0. The number of hydrogen-bond acceptors (Lipinski definition) is 0. The van der Waals surface area contributed by atoms with E-state index in [4.69, 9.17) is 0 Å². The van der Waals surface area contributed by atoms with E-state index in [0.29, 0.717) is 5.41 Å². The standard InChI is InChI=1S/C23H26/c1-16-7-9-19(10-8-16)20-11-12-22-21(15-20)17(2)18(3)23(22)13-5-4-6-14-23/h7-12,15H,4-6,13-14H2,1-3H3. The van der Waals surface area contributed by atoms with Crippen LogP contribution in [0.25, 0.3) is 16.7 Å². The molecule has 1 spiro atoms. The highest BCUT2D eigenvalue weighted by molar-refractivity contribution is 5.82. The minimum Gasteiger partial charge on any atom is -0.0592 e. The van der Waals surface area contributed by atoms with E-state index in [0.717, 1.165) is 0 Å². The summed E-state index contributed by atoms with van der Waals surface area (Å²) >= 11 is 0. The Balaban J connectivity index is 1.82. The Bertz CT molecular complexity index is 768. The van der Waals surface area contributed by atoms with Gasteiger partial charge in [-0.3, -0.25) is 0 Å². The highest BCUT2D eigenvalue weighted by atomic mass is 14.5. The van der Waals surface area contributed by atoms with Gasteiger partial charge in [0.15, 0.2) is 0 Å². The quantitative estimate of drug-likeness (QED) is 0.551. The number of hydrogen-bond donors (Lipinski definition) is 0. The summed E-state index contributed by atoms with van der Waals surface area (Å²) in [5.74, 6) is 0. The van der Waals surface area contributed by atoms with E-state index in [1.54, 1.807) is 11.1 Å². The number of fused-ring (bicyclic) bond motifs is 2. The Morgan fingerprint density at radius 2 is 1.39 bits per heavy atom. The molecule has 0 bridgehead atoms. The lowest BCUT2D eigenvalue weighted by Crippen LogP contribution is -2.28. The van der Waals surface area contributed by atoms with Gasteiger partial charge in [-0.25, -0.2) is 0 Å². The van der Waals surface area contributed by atoms with Gasteiger partial charge in [0.25, 0.3) is 0 Å². The van der Waals surface area contributed by atoms with Crippen LogP contribution in [0.1, 0.15) is 62.6 Å². The lowest BCUT2D eigenvalue weighted by molar-refractivity contribution is 0.345. The first kappa shape index (κ1) is 14.8. The highest BCUT2D eigenvalue weighted by Crippen LogP contribution is 2.54. The van der Waals surface area contributed by atoms with E-state index in [-0.39, 0.29) is 0 Å². The largest absolute Gasteiger partial charge is 0.0592 e. The first-order valence-corrected chi connectivity index (χ1v) is 9.02. The van der Waals surface area contributed by atoms with E-state index < -0.39 is 0 Å². The number of aryl methyl sites for hydroxylation is 1. The van der Waals surface area contributed by atoms with Crippen molar-refractivity contribution in [2.75, 3.05) is 0 Å². The summed E-state index contributed by atoms with van der Waals surface area (Å²) in [5, 5.41) is 0. The molecule has 0 aromatic heterocycles. The Labute approximate surface area is 140 Å². The van der Waals surface area contributed by atoms with Crippen molar-refractivity contribution < 1.29 is 0 Å². The summed E-state index contributed by atoms with van der Waals surface area (Å²) < 4.78 is 0. The van der Waals surface area contributed by atoms with Crippen molar-refractivity contribution in [1.29, 1.82) is 0 Å². The van der Waals surface area contributed by atoms with Crippen molar-refractivity contribution in [3.63, 3.8) is 0 Å². The first-order chi connectivity index (χ1) is 11.1. The molecular formula is C23H26. The van der Waals surface area contributed by atoms with Crippen molar-refractivity contribution in [3.8, 4) is 11.1 Å². The second-order valence-electron chi connectivity index (χ2n) is 7.52. The van der Waals surface area contributed by atoms with Gasteiger partial charge in [0.2, 0.25) is 0 Å². The van der Waals surface area contributed by atoms with E-state index in [9.17, 15) is 0 Å². The van der Waals surface area contributed by atoms with Crippen LogP contribution in [0.15, 0.2) is 48.0 Å². The topological polar surface area (TPSA) is 0 Å². The molecule has 0 N–H and O–H groups in total. The maximum absolute atomic E-state index is 2.43. The second-order valence-corrected chi connectivity index (χ2v) is 7.52. The smallest absolute Gasteiger partial charge is 0.0171 e. The van der Waals surface area contributed by atoms with Crippen LogP contribution in [-0.4, -0.2) is 0 Å². The molecule has 2 aliphatic carbocycles. The third-order valence-corrected chi connectivity index (χ3v) is 6.31. The fraction of sp³-hybridized carbons (Fsp3) is 0.391. The van der Waals surface area contributed by atoms with Crippen LogP contribution in [0.2, 0.25) is 0 Å². The number of rotatable bonds is 1. The molecule has 0 radical (unpaired) electrons. The Morgan fingerprint density at radius 1 is 0.739 bits per heavy atom. The van der Waals surface area contributed by atoms with Crippen molar-refractivity contribution in [2.24, 2.45) is 0 Å². The average Bonchev–Trinajstić information content (AvgIpc) is 2.79. The van der Waals surface area contributed by atoms with Crippen molar-refractivity contribution in [2.45, 2.75) is 58.3 Å². The van der Waals surface area contributed by atoms with Gasteiger partial charge in [-0.2, -0.15) is 0 Å². The Kier molecular flexibility index (Phi) is 3.44. The van der Waals surface area contributed by atoms with Crippen molar-refractivity contribution >= 4 is 5.57 Å². The van der Waals surface area contributed by atoms with Gasteiger partial charge in [0.1, 0.15) is 0 Å². The lowest BCUT2D eigenvalue weighted by Gasteiger charge is -2.36. The summed E-state index contributed by atoms with van der Waals surface area (Å²) in [5.41, 5.74) is 10.6. The molecule has 0 nitrogen and oxygen atoms in total. The van der Waals surface area contributed by atoms with Gasteiger partial charge in [-0.05, 0) is 67.5 Å². The molecule has 0 saturated heterocycles. The minimum atomic E-state index is 0.351. The molecule has 0 amide bonds. The van der Waals surface area contributed by atoms with Gasteiger partial charge in [0.05, 0.1) is 0 Å². The van der Waals surface area contributed by atoms with Crippen LogP contribution in [-0.2, 0) is 5.41 Å². The van der Waals surface area contributed by atoms with Gasteiger partial charge in [-0.1, -0.05) is 66.8 Å². The Morgan fingerprint density at radius 3 is 2.09 bits per heavy atom. The monoisotopic (exact) mass is 302 g/mol.